The number of alkyl halides is 3. The maximum Gasteiger partial charge on any atom is 0.416 e. The van der Waals surface area contributed by atoms with Crippen molar-refractivity contribution >= 4 is 27.3 Å². The van der Waals surface area contributed by atoms with Gasteiger partial charge in [-0.1, -0.05) is 18.2 Å². The summed E-state index contributed by atoms with van der Waals surface area (Å²) in [6.45, 7) is 0. The number of hydrogen-bond acceptors (Lipinski definition) is 5. The topological polar surface area (TPSA) is 96.5 Å². The molecule has 1 aliphatic heterocycles. The second-order valence-electron chi connectivity index (χ2n) is 6.84. The van der Waals surface area contributed by atoms with Crippen molar-refractivity contribution in [3.8, 4) is 11.5 Å². The Kier molecular flexibility index (Phi) is 5.53. The Bertz CT molecular complexity index is 1250. The molecule has 1 heterocycles. The minimum Gasteiger partial charge on any atom is -0.457 e. The Labute approximate surface area is 181 Å². The predicted octanol–water partition coefficient (Wildman–Crippen LogP) is 4.17. The normalized spacial score (nSPS) is 17.0. The highest BCUT2D eigenvalue weighted by atomic mass is 32.2. The first-order valence-electron chi connectivity index (χ1n) is 9.26. The summed E-state index contributed by atoms with van der Waals surface area (Å²) in [6, 6.07) is 17.5. The Balaban J connectivity index is 1.48. The van der Waals surface area contributed by atoms with E-state index in [4.69, 9.17) is 4.74 Å². The van der Waals surface area contributed by atoms with Crippen LogP contribution in [0.2, 0.25) is 0 Å². The second-order valence-corrected chi connectivity index (χ2v) is 8.52. The highest BCUT2D eigenvalue weighted by molar-refractivity contribution is 7.89. The number of halogens is 3. The number of fused-ring (bicyclic) bond motifs is 1. The smallest absolute Gasteiger partial charge is 0.416 e. The third-order valence-electron chi connectivity index (χ3n) is 4.53. The monoisotopic (exact) mass is 463 g/mol. The van der Waals surface area contributed by atoms with Gasteiger partial charge in [-0.05, 0) is 54.6 Å². The third-order valence-corrected chi connectivity index (χ3v) is 6.01. The fourth-order valence-electron chi connectivity index (χ4n) is 3.02. The summed E-state index contributed by atoms with van der Waals surface area (Å²) in [5.74, 6) is 0.342. The highest BCUT2D eigenvalue weighted by Gasteiger charge is 2.37. The molecule has 0 bridgehead atoms. The van der Waals surface area contributed by atoms with Crippen LogP contribution in [0.15, 0.2) is 77.7 Å². The zero-order valence-electron chi connectivity index (χ0n) is 16.2. The molecule has 0 unspecified atom stereocenters. The van der Waals surface area contributed by atoms with E-state index < -0.39 is 33.8 Å². The van der Waals surface area contributed by atoms with Crippen molar-refractivity contribution < 1.29 is 31.1 Å². The number of anilines is 2. The van der Waals surface area contributed by atoms with Crippen LogP contribution in [0.1, 0.15) is 5.56 Å². The molecule has 4 rings (SSSR count). The van der Waals surface area contributed by atoms with Gasteiger partial charge in [0.1, 0.15) is 16.4 Å². The average Bonchev–Trinajstić information content (AvgIpc) is 2.74. The zero-order valence-corrected chi connectivity index (χ0v) is 17.0. The molecule has 1 aliphatic rings. The van der Waals surface area contributed by atoms with Crippen LogP contribution in [0.25, 0.3) is 0 Å². The SMILES string of the molecule is O=C(Nc1ccc(Oc2ccccc2)cc1)[C@H]1Nc2cc(C(F)(F)F)ccc2S(=O)(=O)N1. The van der Waals surface area contributed by atoms with E-state index in [0.29, 0.717) is 29.3 Å². The molecule has 0 saturated heterocycles. The summed E-state index contributed by atoms with van der Waals surface area (Å²) in [5, 5.41) is 5.01. The second kappa shape index (κ2) is 8.17. The molecule has 32 heavy (non-hydrogen) atoms. The largest absolute Gasteiger partial charge is 0.457 e. The quantitative estimate of drug-likeness (QED) is 0.540. The summed E-state index contributed by atoms with van der Waals surface area (Å²) in [5.41, 5.74) is -1.01. The lowest BCUT2D eigenvalue weighted by molar-refractivity contribution is -0.137. The van der Waals surface area contributed by atoms with Crippen molar-refractivity contribution in [1.29, 1.82) is 0 Å². The molecule has 0 spiro atoms. The maximum atomic E-state index is 13.0. The molecule has 0 saturated carbocycles. The van der Waals surface area contributed by atoms with Gasteiger partial charge in [0.15, 0.2) is 6.17 Å². The highest BCUT2D eigenvalue weighted by Crippen LogP contribution is 2.35. The summed E-state index contributed by atoms with van der Waals surface area (Å²) in [6.07, 6.45) is -6.16. The predicted molar refractivity (Wildman–Crippen MR) is 111 cm³/mol. The van der Waals surface area contributed by atoms with Gasteiger partial charge in [0.25, 0.3) is 5.91 Å². The van der Waals surface area contributed by atoms with Crippen molar-refractivity contribution in [1.82, 2.24) is 4.72 Å². The number of ether oxygens (including phenoxy) is 1. The summed E-state index contributed by atoms with van der Waals surface area (Å²) < 4.78 is 71.5. The lowest BCUT2D eigenvalue weighted by Gasteiger charge is -2.27. The summed E-state index contributed by atoms with van der Waals surface area (Å²) in [7, 11) is -4.19. The average molecular weight is 463 g/mol. The van der Waals surface area contributed by atoms with Crippen molar-refractivity contribution in [2.75, 3.05) is 10.6 Å². The number of para-hydroxylation sites is 1. The van der Waals surface area contributed by atoms with Gasteiger partial charge in [-0.15, -0.1) is 0 Å². The first-order chi connectivity index (χ1) is 15.1. The molecule has 0 radical (unpaired) electrons. The third kappa shape index (κ3) is 4.68. The van der Waals surface area contributed by atoms with E-state index in [1.165, 1.54) is 0 Å². The van der Waals surface area contributed by atoms with Crippen LogP contribution < -0.4 is 20.1 Å². The molecule has 11 heteroatoms. The van der Waals surface area contributed by atoms with Crippen LogP contribution in [0.5, 0.6) is 11.5 Å². The number of rotatable bonds is 4. The fourth-order valence-corrected chi connectivity index (χ4v) is 4.28. The summed E-state index contributed by atoms with van der Waals surface area (Å²) in [4.78, 5) is 12.2. The zero-order chi connectivity index (χ0) is 22.9. The maximum absolute atomic E-state index is 13.0. The molecule has 3 N–H and O–H groups in total. The number of carbonyl (C=O) groups is 1. The van der Waals surface area contributed by atoms with E-state index in [2.05, 4.69) is 15.4 Å². The van der Waals surface area contributed by atoms with E-state index in [-0.39, 0.29) is 10.6 Å². The van der Waals surface area contributed by atoms with Gasteiger partial charge in [-0.2, -0.15) is 17.9 Å². The van der Waals surface area contributed by atoms with Crippen molar-refractivity contribution in [3.05, 3.63) is 78.4 Å². The molecule has 0 aliphatic carbocycles. The van der Waals surface area contributed by atoms with Gasteiger partial charge in [0.2, 0.25) is 10.0 Å². The molecule has 3 aromatic rings. The number of amides is 1. The van der Waals surface area contributed by atoms with Gasteiger partial charge in [-0.3, -0.25) is 4.79 Å². The lowest BCUT2D eigenvalue weighted by Crippen LogP contribution is -2.51. The van der Waals surface area contributed by atoms with E-state index in [1.54, 1.807) is 36.4 Å². The van der Waals surface area contributed by atoms with Gasteiger partial charge in [0, 0.05) is 5.69 Å². The molecular weight excluding hydrogens is 447 g/mol. The van der Waals surface area contributed by atoms with Crippen LogP contribution in [-0.2, 0) is 21.0 Å². The fraction of sp³-hybridized carbons (Fsp3) is 0.0952. The molecule has 166 valence electrons. The van der Waals surface area contributed by atoms with Crippen LogP contribution >= 0.6 is 0 Å². The molecule has 7 nitrogen and oxygen atoms in total. The van der Waals surface area contributed by atoms with Crippen LogP contribution in [0, 0.1) is 0 Å². The van der Waals surface area contributed by atoms with Gasteiger partial charge in [-0.25, -0.2) is 8.42 Å². The molecule has 3 aromatic carbocycles. The molecule has 0 aromatic heterocycles. The van der Waals surface area contributed by atoms with Gasteiger partial charge >= 0.3 is 6.18 Å². The number of sulfonamides is 1. The van der Waals surface area contributed by atoms with E-state index in [1.807, 2.05) is 18.2 Å². The first-order valence-corrected chi connectivity index (χ1v) is 10.7. The van der Waals surface area contributed by atoms with Crippen molar-refractivity contribution in [2.24, 2.45) is 0 Å². The van der Waals surface area contributed by atoms with E-state index >= 15 is 0 Å². The number of benzene rings is 3. The molecule has 1 atom stereocenters. The van der Waals surface area contributed by atoms with Crippen LogP contribution in [-0.4, -0.2) is 20.5 Å². The number of hydrogen-bond donors (Lipinski definition) is 3. The molecule has 1 amide bonds. The lowest BCUT2D eigenvalue weighted by atomic mass is 10.2. The number of nitrogens with one attached hydrogen (secondary N) is 3. The van der Waals surface area contributed by atoms with E-state index in [0.717, 1.165) is 6.07 Å². The van der Waals surface area contributed by atoms with Crippen molar-refractivity contribution in [2.45, 2.75) is 17.2 Å². The van der Waals surface area contributed by atoms with Gasteiger partial charge in [0.05, 0.1) is 11.3 Å². The molecule has 0 fully saturated rings. The number of carbonyl (C=O) groups excluding carboxylic acids is 1. The van der Waals surface area contributed by atoms with E-state index in [9.17, 15) is 26.4 Å². The summed E-state index contributed by atoms with van der Waals surface area (Å²) >= 11 is 0. The first kappa shape index (κ1) is 21.7. The Morgan fingerprint density at radius 2 is 1.59 bits per heavy atom. The van der Waals surface area contributed by atoms with Gasteiger partial charge < -0.3 is 15.4 Å². The molecular formula is C21H16F3N3O4S. The Morgan fingerprint density at radius 3 is 2.25 bits per heavy atom. The van der Waals surface area contributed by atoms with Crippen LogP contribution in [0.3, 0.4) is 0 Å². The standard InChI is InChI=1S/C21H16F3N3O4S/c22-21(23,24)13-6-11-18-17(12-13)26-19(27-32(18,29)30)20(28)25-14-7-9-16(10-8-14)31-15-4-2-1-3-5-15/h1-12,19,26-27H,(H,25,28)/t19-/m0/s1. The Hall–Kier alpha value is -3.57. The minimum absolute atomic E-state index is 0.315. The van der Waals surface area contributed by atoms with Crippen LogP contribution in [0.4, 0.5) is 24.5 Å². The Morgan fingerprint density at radius 1 is 0.938 bits per heavy atom. The minimum atomic E-state index is -4.66. The van der Waals surface area contributed by atoms with Crippen molar-refractivity contribution in [3.63, 3.8) is 0 Å².